The largest absolute Gasteiger partial charge is 0.488 e. The molecule has 2 nitrogen and oxygen atoms in total. The van der Waals surface area contributed by atoms with E-state index < -0.39 is 0 Å². The van der Waals surface area contributed by atoms with Crippen molar-refractivity contribution in [2.45, 2.75) is 38.7 Å². The molecular weight excluding hydrogens is 198 g/mol. The Bertz CT molecular complexity index is 388. The van der Waals surface area contributed by atoms with Crippen LogP contribution in [0, 0.1) is 5.92 Å². The van der Waals surface area contributed by atoms with Crippen LogP contribution < -0.4 is 10.1 Å². The van der Waals surface area contributed by atoms with Crippen molar-refractivity contribution < 1.29 is 4.74 Å². The van der Waals surface area contributed by atoms with Gasteiger partial charge in [-0.25, -0.2) is 0 Å². The molecule has 16 heavy (non-hydrogen) atoms. The fourth-order valence-electron chi connectivity index (χ4n) is 2.85. The Hall–Kier alpha value is -1.18. The molecular formula is C14H19NO. The van der Waals surface area contributed by atoms with Gasteiger partial charge < -0.3 is 10.1 Å². The van der Waals surface area contributed by atoms with Crippen LogP contribution in [0.2, 0.25) is 0 Å². The van der Waals surface area contributed by atoms with Crippen LogP contribution in [0.5, 0.6) is 5.75 Å². The maximum absolute atomic E-state index is 6.13. The van der Waals surface area contributed by atoms with Gasteiger partial charge in [-0.1, -0.05) is 19.1 Å². The van der Waals surface area contributed by atoms with Crippen molar-refractivity contribution in [2.24, 2.45) is 5.92 Å². The van der Waals surface area contributed by atoms with Crippen LogP contribution in [-0.4, -0.2) is 12.6 Å². The van der Waals surface area contributed by atoms with Gasteiger partial charge in [-0.3, -0.25) is 0 Å². The molecule has 1 aliphatic carbocycles. The molecule has 2 heteroatoms. The van der Waals surface area contributed by atoms with E-state index in [9.17, 15) is 0 Å². The average Bonchev–Trinajstić information content (AvgIpc) is 2.87. The molecule has 0 radical (unpaired) electrons. The molecule has 1 aromatic rings. The van der Waals surface area contributed by atoms with Crippen LogP contribution in [0.15, 0.2) is 18.2 Å². The first-order valence-electron chi connectivity index (χ1n) is 6.35. The minimum Gasteiger partial charge on any atom is -0.488 e. The second-order valence-corrected chi connectivity index (χ2v) is 5.13. The number of fused-ring (bicyclic) bond motifs is 1. The van der Waals surface area contributed by atoms with Gasteiger partial charge in [0.2, 0.25) is 0 Å². The Morgan fingerprint density at radius 3 is 3.06 bits per heavy atom. The Kier molecular flexibility index (Phi) is 2.50. The van der Waals surface area contributed by atoms with Gasteiger partial charge in [0.15, 0.2) is 0 Å². The van der Waals surface area contributed by atoms with Gasteiger partial charge in [-0.05, 0) is 43.2 Å². The van der Waals surface area contributed by atoms with E-state index in [1.165, 1.54) is 30.5 Å². The zero-order valence-corrected chi connectivity index (χ0v) is 9.83. The number of ether oxygens (including phenoxy) is 1. The van der Waals surface area contributed by atoms with E-state index in [4.69, 9.17) is 4.74 Å². The molecule has 1 aliphatic heterocycles. The standard InChI is InChI=1S/C14H19NO/c1-10-5-6-12(9-10)16-13-4-2-3-11-7-8-15-14(11)13/h2-4,10,12,15H,5-9H2,1H3. The summed E-state index contributed by atoms with van der Waals surface area (Å²) < 4.78 is 6.13. The van der Waals surface area contributed by atoms with Crippen molar-refractivity contribution >= 4 is 5.69 Å². The number of nitrogens with one attached hydrogen (secondary N) is 1. The van der Waals surface area contributed by atoms with Crippen molar-refractivity contribution in [1.29, 1.82) is 0 Å². The van der Waals surface area contributed by atoms with Gasteiger partial charge in [0.25, 0.3) is 0 Å². The van der Waals surface area contributed by atoms with E-state index in [2.05, 4.69) is 30.4 Å². The highest BCUT2D eigenvalue weighted by molar-refractivity contribution is 5.65. The third-order valence-corrected chi connectivity index (χ3v) is 3.75. The van der Waals surface area contributed by atoms with Gasteiger partial charge in [0.1, 0.15) is 5.75 Å². The van der Waals surface area contributed by atoms with Crippen molar-refractivity contribution in [3.8, 4) is 5.75 Å². The van der Waals surface area contributed by atoms with Crippen molar-refractivity contribution in [3.63, 3.8) is 0 Å². The Morgan fingerprint density at radius 1 is 1.31 bits per heavy atom. The highest BCUT2D eigenvalue weighted by atomic mass is 16.5. The minimum atomic E-state index is 0.434. The lowest BCUT2D eigenvalue weighted by Crippen LogP contribution is -2.12. The first-order chi connectivity index (χ1) is 7.83. The molecule has 0 saturated heterocycles. The molecule has 0 aromatic heterocycles. The minimum absolute atomic E-state index is 0.434. The van der Waals surface area contributed by atoms with E-state index in [1.54, 1.807) is 0 Å². The van der Waals surface area contributed by atoms with Crippen LogP contribution in [0.1, 0.15) is 31.7 Å². The molecule has 0 amide bonds. The zero-order chi connectivity index (χ0) is 11.0. The summed E-state index contributed by atoms with van der Waals surface area (Å²) in [6.07, 6.45) is 5.30. The van der Waals surface area contributed by atoms with Crippen molar-refractivity contribution in [1.82, 2.24) is 0 Å². The summed E-state index contributed by atoms with van der Waals surface area (Å²) >= 11 is 0. The van der Waals surface area contributed by atoms with Gasteiger partial charge >= 0.3 is 0 Å². The van der Waals surface area contributed by atoms with E-state index in [-0.39, 0.29) is 0 Å². The highest BCUT2D eigenvalue weighted by Gasteiger charge is 2.24. The number of benzene rings is 1. The molecule has 2 aliphatic rings. The molecule has 1 N–H and O–H groups in total. The normalized spacial score (nSPS) is 27.6. The summed E-state index contributed by atoms with van der Waals surface area (Å²) in [5.41, 5.74) is 2.64. The number of hydrogen-bond donors (Lipinski definition) is 1. The molecule has 3 rings (SSSR count). The summed E-state index contributed by atoms with van der Waals surface area (Å²) in [5, 5.41) is 3.43. The average molecular weight is 217 g/mol. The van der Waals surface area contributed by atoms with Crippen LogP contribution >= 0.6 is 0 Å². The molecule has 0 spiro atoms. The lowest BCUT2D eigenvalue weighted by molar-refractivity contribution is 0.206. The number of para-hydroxylation sites is 1. The predicted octanol–water partition coefficient (Wildman–Crippen LogP) is 3.22. The van der Waals surface area contributed by atoms with Crippen LogP contribution in [0.25, 0.3) is 0 Å². The quantitative estimate of drug-likeness (QED) is 0.821. The van der Waals surface area contributed by atoms with Crippen molar-refractivity contribution in [2.75, 3.05) is 11.9 Å². The lowest BCUT2D eigenvalue weighted by Gasteiger charge is -2.16. The highest BCUT2D eigenvalue weighted by Crippen LogP contribution is 2.36. The second kappa shape index (κ2) is 4.00. The fraction of sp³-hybridized carbons (Fsp3) is 0.571. The topological polar surface area (TPSA) is 21.3 Å². The third kappa shape index (κ3) is 1.77. The summed E-state index contributed by atoms with van der Waals surface area (Å²) in [5.74, 6) is 1.89. The molecule has 0 bridgehead atoms. The smallest absolute Gasteiger partial charge is 0.143 e. The monoisotopic (exact) mass is 217 g/mol. The van der Waals surface area contributed by atoms with Crippen LogP contribution in [0.3, 0.4) is 0 Å². The summed E-state index contributed by atoms with van der Waals surface area (Å²) in [6.45, 7) is 3.37. The molecule has 1 heterocycles. The van der Waals surface area contributed by atoms with Gasteiger partial charge in [0, 0.05) is 6.54 Å². The lowest BCUT2D eigenvalue weighted by atomic mass is 10.1. The summed E-state index contributed by atoms with van der Waals surface area (Å²) in [6, 6.07) is 6.40. The van der Waals surface area contributed by atoms with Crippen molar-refractivity contribution in [3.05, 3.63) is 23.8 Å². The van der Waals surface area contributed by atoms with Crippen LogP contribution in [0.4, 0.5) is 5.69 Å². The number of anilines is 1. The van der Waals surface area contributed by atoms with Gasteiger partial charge in [-0.15, -0.1) is 0 Å². The van der Waals surface area contributed by atoms with E-state index in [0.717, 1.165) is 24.6 Å². The number of rotatable bonds is 2. The molecule has 1 fully saturated rings. The third-order valence-electron chi connectivity index (χ3n) is 3.75. The maximum Gasteiger partial charge on any atom is 0.143 e. The summed E-state index contributed by atoms with van der Waals surface area (Å²) in [4.78, 5) is 0. The molecule has 1 aromatic carbocycles. The first-order valence-corrected chi connectivity index (χ1v) is 6.35. The predicted molar refractivity (Wildman–Crippen MR) is 66.1 cm³/mol. The summed E-state index contributed by atoms with van der Waals surface area (Å²) in [7, 11) is 0. The maximum atomic E-state index is 6.13. The Balaban J connectivity index is 1.77. The first kappa shape index (κ1) is 10.0. The fourth-order valence-corrected chi connectivity index (χ4v) is 2.85. The van der Waals surface area contributed by atoms with Crippen LogP contribution in [-0.2, 0) is 6.42 Å². The Labute approximate surface area is 97.0 Å². The van der Waals surface area contributed by atoms with E-state index >= 15 is 0 Å². The number of hydrogen-bond acceptors (Lipinski definition) is 2. The van der Waals surface area contributed by atoms with Gasteiger partial charge in [-0.2, -0.15) is 0 Å². The van der Waals surface area contributed by atoms with E-state index in [1.807, 2.05) is 0 Å². The van der Waals surface area contributed by atoms with Gasteiger partial charge in [0.05, 0.1) is 11.8 Å². The Morgan fingerprint density at radius 2 is 2.25 bits per heavy atom. The van der Waals surface area contributed by atoms with E-state index in [0.29, 0.717) is 6.10 Å². The second-order valence-electron chi connectivity index (χ2n) is 5.13. The molecule has 2 unspecified atom stereocenters. The molecule has 86 valence electrons. The molecule has 2 atom stereocenters. The zero-order valence-electron chi connectivity index (χ0n) is 9.83. The molecule has 1 saturated carbocycles. The SMILES string of the molecule is CC1CCC(Oc2cccc3c2NCC3)C1.